The molecule has 1 aliphatic heterocycles. The number of aryl methyl sites for hydroxylation is 1. The van der Waals surface area contributed by atoms with Crippen LogP contribution in [0.2, 0.25) is 0 Å². The summed E-state index contributed by atoms with van der Waals surface area (Å²) in [6, 6.07) is 0. The number of ether oxygens (including phenoxy) is 1. The zero-order valence-electron chi connectivity index (χ0n) is 10.7. The highest BCUT2D eigenvalue weighted by atomic mass is 16.5. The van der Waals surface area contributed by atoms with Gasteiger partial charge in [0.1, 0.15) is 0 Å². The summed E-state index contributed by atoms with van der Waals surface area (Å²) in [5.74, 6) is -0.1000. The van der Waals surface area contributed by atoms with Crippen molar-refractivity contribution in [1.29, 1.82) is 0 Å². The monoisotopic (exact) mass is 252 g/mol. The Kier molecular flexibility index (Phi) is 4.72. The third kappa shape index (κ3) is 3.82. The summed E-state index contributed by atoms with van der Waals surface area (Å²) in [5.41, 5.74) is 0.583. The van der Waals surface area contributed by atoms with Crippen LogP contribution in [0.3, 0.4) is 0 Å². The third-order valence-corrected chi connectivity index (χ3v) is 2.99. The van der Waals surface area contributed by atoms with E-state index in [2.05, 4.69) is 15.7 Å². The fraction of sp³-hybridized carbons (Fsp3) is 0.667. The minimum absolute atomic E-state index is 0.1000. The van der Waals surface area contributed by atoms with Crippen molar-refractivity contribution in [3.63, 3.8) is 0 Å². The minimum atomic E-state index is -0.1000. The summed E-state index contributed by atoms with van der Waals surface area (Å²) >= 11 is 0. The molecular formula is C12H20N4O2. The van der Waals surface area contributed by atoms with Gasteiger partial charge in [0.05, 0.1) is 24.5 Å². The predicted octanol–water partition coefficient (Wildman–Crippen LogP) is -0.0815. The number of nitrogens with zero attached hydrogens (tertiary/aromatic N) is 2. The highest BCUT2D eigenvalue weighted by Gasteiger charge is 2.13. The van der Waals surface area contributed by atoms with Gasteiger partial charge in [-0.05, 0) is 25.9 Å². The Balaban J connectivity index is 1.61. The molecule has 18 heavy (non-hydrogen) atoms. The number of amides is 1. The summed E-state index contributed by atoms with van der Waals surface area (Å²) in [6.07, 6.45) is 5.69. The van der Waals surface area contributed by atoms with E-state index in [1.165, 1.54) is 0 Å². The van der Waals surface area contributed by atoms with Crippen LogP contribution < -0.4 is 10.6 Å². The topological polar surface area (TPSA) is 68.2 Å². The lowest BCUT2D eigenvalue weighted by atomic mass is 10.1. The maximum absolute atomic E-state index is 11.7. The van der Waals surface area contributed by atoms with Crippen LogP contribution in [0.25, 0.3) is 0 Å². The maximum Gasteiger partial charge on any atom is 0.254 e. The lowest BCUT2D eigenvalue weighted by Crippen LogP contribution is -2.34. The second-order valence-electron chi connectivity index (χ2n) is 4.48. The quantitative estimate of drug-likeness (QED) is 0.719. The van der Waals surface area contributed by atoms with Crippen molar-refractivity contribution in [3.8, 4) is 0 Å². The third-order valence-electron chi connectivity index (χ3n) is 2.99. The second-order valence-corrected chi connectivity index (χ2v) is 4.48. The standard InChI is InChI=1S/C12H20N4O2/c1-16-9-10(8-15-16)12(17)14-6-7-18-11-2-4-13-5-3-11/h8-9,11,13H,2-7H2,1H3,(H,14,17). The van der Waals surface area contributed by atoms with E-state index in [9.17, 15) is 4.79 Å². The van der Waals surface area contributed by atoms with Gasteiger partial charge in [0, 0.05) is 19.8 Å². The van der Waals surface area contributed by atoms with Crippen molar-refractivity contribution in [2.75, 3.05) is 26.2 Å². The predicted molar refractivity (Wildman–Crippen MR) is 67.4 cm³/mol. The van der Waals surface area contributed by atoms with E-state index < -0.39 is 0 Å². The molecule has 0 atom stereocenters. The molecule has 0 radical (unpaired) electrons. The first-order valence-corrected chi connectivity index (χ1v) is 6.35. The second kappa shape index (κ2) is 6.51. The number of hydrogen-bond acceptors (Lipinski definition) is 4. The fourth-order valence-electron chi connectivity index (χ4n) is 1.99. The molecule has 6 heteroatoms. The molecule has 6 nitrogen and oxygen atoms in total. The van der Waals surface area contributed by atoms with Crippen LogP contribution in [0.1, 0.15) is 23.2 Å². The SMILES string of the molecule is Cn1cc(C(=O)NCCOC2CCNCC2)cn1. The highest BCUT2D eigenvalue weighted by Crippen LogP contribution is 2.06. The zero-order chi connectivity index (χ0) is 12.8. The van der Waals surface area contributed by atoms with Gasteiger partial charge in [-0.1, -0.05) is 0 Å². The van der Waals surface area contributed by atoms with Gasteiger partial charge in [-0.3, -0.25) is 9.48 Å². The summed E-state index contributed by atoms with van der Waals surface area (Å²) in [6.45, 7) is 3.15. The van der Waals surface area contributed by atoms with Crippen molar-refractivity contribution < 1.29 is 9.53 Å². The molecule has 2 heterocycles. The number of piperidine rings is 1. The van der Waals surface area contributed by atoms with Gasteiger partial charge in [-0.25, -0.2) is 0 Å². The lowest BCUT2D eigenvalue weighted by molar-refractivity contribution is 0.0343. The number of carbonyl (C=O) groups excluding carboxylic acids is 1. The van der Waals surface area contributed by atoms with Crippen molar-refractivity contribution >= 4 is 5.91 Å². The van der Waals surface area contributed by atoms with Gasteiger partial charge < -0.3 is 15.4 Å². The van der Waals surface area contributed by atoms with E-state index in [1.54, 1.807) is 24.1 Å². The fourth-order valence-corrected chi connectivity index (χ4v) is 1.99. The first-order chi connectivity index (χ1) is 8.75. The molecule has 1 amide bonds. The van der Waals surface area contributed by atoms with Crippen LogP contribution in [0.5, 0.6) is 0 Å². The largest absolute Gasteiger partial charge is 0.376 e. The highest BCUT2D eigenvalue weighted by molar-refractivity contribution is 5.93. The maximum atomic E-state index is 11.7. The number of carbonyl (C=O) groups is 1. The molecule has 1 aromatic rings. The Labute approximate surface area is 107 Å². The van der Waals surface area contributed by atoms with E-state index >= 15 is 0 Å². The van der Waals surface area contributed by atoms with E-state index in [1.807, 2.05) is 0 Å². The van der Waals surface area contributed by atoms with Crippen molar-refractivity contribution in [1.82, 2.24) is 20.4 Å². The minimum Gasteiger partial charge on any atom is -0.376 e. The van der Waals surface area contributed by atoms with E-state index in [0.717, 1.165) is 25.9 Å². The normalized spacial score (nSPS) is 16.7. The van der Waals surface area contributed by atoms with Crippen LogP contribution in [-0.4, -0.2) is 48.0 Å². The van der Waals surface area contributed by atoms with Crippen LogP contribution in [0, 0.1) is 0 Å². The molecule has 0 unspecified atom stereocenters. The summed E-state index contributed by atoms with van der Waals surface area (Å²) in [4.78, 5) is 11.7. The Hall–Kier alpha value is -1.40. The first kappa shape index (κ1) is 13.0. The van der Waals surface area contributed by atoms with Crippen LogP contribution >= 0.6 is 0 Å². The molecule has 0 aliphatic carbocycles. The van der Waals surface area contributed by atoms with Crippen molar-refractivity contribution in [2.24, 2.45) is 7.05 Å². The van der Waals surface area contributed by atoms with E-state index in [4.69, 9.17) is 4.74 Å². The summed E-state index contributed by atoms with van der Waals surface area (Å²) in [7, 11) is 1.79. The molecule has 1 saturated heterocycles. The van der Waals surface area contributed by atoms with E-state index in [0.29, 0.717) is 24.8 Å². The molecule has 1 aromatic heterocycles. The van der Waals surface area contributed by atoms with Crippen LogP contribution in [-0.2, 0) is 11.8 Å². The molecule has 100 valence electrons. The lowest BCUT2D eigenvalue weighted by Gasteiger charge is -2.22. The van der Waals surface area contributed by atoms with Gasteiger partial charge in [0.15, 0.2) is 0 Å². The van der Waals surface area contributed by atoms with Gasteiger partial charge in [0.2, 0.25) is 0 Å². The number of rotatable bonds is 5. The van der Waals surface area contributed by atoms with Crippen molar-refractivity contribution in [2.45, 2.75) is 18.9 Å². The molecule has 0 aromatic carbocycles. The van der Waals surface area contributed by atoms with Crippen molar-refractivity contribution in [3.05, 3.63) is 18.0 Å². The van der Waals surface area contributed by atoms with Crippen LogP contribution in [0.15, 0.2) is 12.4 Å². The molecule has 1 aliphatic rings. The average molecular weight is 252 g/mol. The molecule has 2 N–H and O–H groups in total. The van der Waals surface area contributed by atoms with Gasteiger partial charge >= 0.3 is 0 Å². The smallest absolute Gasteiger partial charge is 0.254 e. The van der Waals surface area contributed by atoms with Gasteiger partial charge in [-0.15, -0.1) is 0 Å². The molecule has 0 bridgehead atoms. The van der Waals surface area contributed by atoms with E-state index in [-0.39, 0.29) is 5.91 Å². The Morgan fingerprint density at radius 1 is 1.61 bits per heavy atom. The van der Waals surface area contributed by atoms with Gasteiger partial charge in [-0.2, -0.15) is 5.10 Å². The molecule has 2 rings (SSSR count). The number of nitrogens with one attached hydrogen (secondary N) is 2. The molecule has 0 saturated carbocycles. The average Bonchev–Trinajstić information content (AvgIpc) is 2.82. The molecule has 0 spiro atoms. The number of hydrogen-bond donors (Lipinski definition) is 2. The molecule has 1 fully saturated rings. The Morgan fingerprint density at radius 3 is 3.06 bits per heavy atom. The molecular weight excluding hydrogens is 232 g/mol. The zero-order valence-corrected chi connectivity index (χ0v) is 10.7. The Morgan fingerprint density at radius 2 is 2.39 bits per heavy atom. The van der Waals surface area contributed by atoms with Gasteiger partial charge in [0.25, 0.3) is 5.91 Å². The van der Waals surface area contributed by atoms with Crippen LogP contribution in [0.4, 0.5) is 0 Å². The first-order valence-electron chi connectivity index (χ1n) is 6.35. The summed E-state index contributed by atoms with van der Waals surface area (Å²) < 4.78 is 7.31. The Bertz CT molecular complexity index is 385. The summed E-state index contributed by atoms with van der Waals surface area (Å²) in [5, 5.41) is 10.1. The number of aromatic nitrogens is 2.